The number of rotatable bonds is 2. The molecule has 1 aromatic carbocycles. The number of alkyl halides is 1. The third-order valence-electron chi connectivity index (χ3n) is 2.27. The van der Waals surface area contributed by atoms with Crippen LogP contribution in [-0.2, 0) is 0 Å². The molecule has 2 rings (SSSR count). The summed E-state index contributed by atoms with van der Waals surface area (Å²) in [6.45, 7) is 2.25. The molecular formula is C11H11BrS. The van der Waals surface area contributed by atoms with Crippen LogP contribution in [0.5, 0.6) is 0 Å². The number of hydrogen-bond donors (Lipinski definition) is 0. The first-order valence-corrected chi connectivity index (χ1v) is 6.35. The molecule has 13 heavy (non-hydrogen) atoms. The van der Waals surface area contributed by atoms with Gasteiger partial charge in [-0.1, -0.05) is 41.1 Å². The summed E-state index contributed by atoms with van der Waals surface area (Å²) >= 11 is 5.36. The van der Waals surface area contributed by atoms with Crippen molar-refractivity contribution in [1.29, 1.82) is 0 Å². The highest BCUT2D eigenvalue weighted by atomic mass is 79.9. The van der Waals surface area contributed by atoms with Crippen LogP contribution in [0.25, 0.3) is 10.1 Å². The van der Waals surface area contributed by atoms with E-state index in [-0.39, 0.29) is 0 Å². The second-order valence-electron chi connectivity index (χ2n) is 3.24. The fourth-order valence-corrected chi connectivity index (χ4v) is 2.90. The highest BCUT2D eigenvalue weighted by Gasteiger charge is 2.08. The van der Waals surface area contributed by atoms with Crippen LogP contribution in [0.1, 0.15) is 18.4 Å². The topological polar surface area (TPSA) is 0 Å². The van der Waals surface area contributed by atoms with Gasteiger partial charge in [-0.2, -0.15) is 0 Å². The predicted molar refractivity (Wildman–Crippen MR) is 64.0 cm³/mol. The van der Waals surface area contributed by atoms with Gasteiger partial charge in [-0.25, -0.2) is 0 Å². The Balaban J connectivity index is 2.57. The monoisotopic (exact) mass is 254 g/mol. The number of thiophene rings is 1. The molecule has 1 unspecified atom stereocenters. The Bertz CT molecular complexity index is 405. The zero-order valence-electron chi connectivity index (χ0n) is 7.46. The summed E-state index contributed by atoms with van der Waals surface area (Å²) in [4.78, 5) is 0. The molecule has 1 aromatic heterocycles. The molecule has 0 radical (unpaired) electrons. The predicted octanol–water partition coefficient (Wildman–Crippen LogP) is 4.40. The van der Waals surface area contributed by atoms with Crippen molar-refractivity contribution in [2.24, 2.45) is 0 Å². The maximum absolute atomic E-state index is 3.53. The molecule has 2 heteroatoms. The van der Waals surface area contributed by atoms with Crippen molar-refractivity contribution < 1.29 is 0 Å². The normalized spacial score (nSPS) is 13.4. The van der Waals surface area contributed by atoms with E-state index in [0.717, 1.165) is 5.33 Å². The molecule has 0 amide bonds. The van der Waals surface area contributed by atoms with Gasteiger partial charge >= 0.3 is 0 Å². The van der Waals surface area contributed by atoms with Crippen LogP contribution >= 0.6 is 27.3 Å². The molecular weight excluding hydrogens is 244 g/mol. The number of hydrogen-bond acceptors (Lipinski definition) is 1. The minimum Gasteiger partial charge on any atom is -0.144 e. The van der Waals surface area contributed by atoms with Crippen molar-refractivity contribution >= 4 is 37.4 Å². The number of benzene rings is 1. The van der Waals surface area contributed by atoms with Crippen molar-refractivity contribution in [3.8, 4) is 0 Å². The lowest BCUT2D eigenvalue weighted by molar-refractivity contribution is 0.903. The van der Waals surface area contributed by atoms with Crippen molar-refractivity contribution in [2.45, 2.75) is 12.8 Å². The van der Waals surface area contributed by atoms with E-state index in [4.69, 9.17) is 0 Å². The van der Waals surface area contributed by atoms with E-state index in [1.54, 1.807) is 0 Å². The SMILES string of the molecule is CC(CBr)c1csc2ccccc12. The Hall–Kier alpha value is -0.340. The van der Waals surface area contributed by atoms with Crippen LogP contribution in [0, 0.1) is 0 Å². The second-order valence-corrected chi connectivity index (χ2v) is 4.80. The fraction of sp³-hybridized carbons (Fsp3) is 0.273. The van der Waals surface area contributed by atoms with Gasteiger partial charge in [0.25, 0.3) is 0 Å². The molecule has 0 bridgehead atoms. The lowest BCUT2D eigenvalue weighted by Gasteiger charge is -2.05. The maximum Gasteiger partial charge on any atom is 0.0345 e. The molecule has 1 atom stereocenters. The summed E-state index contributed by atoms with van der Waals surface area (Å²) in [7, 11) is 0. The molecule has 0 N–H and O–H groups in total. The Morgan fingerprint density at radius 3 is 2.92 bits per heavy atom. The molecule has 68 valence electrons. The Labute approximate surface area is 90.7 Å². The van der Waals surface area contributed by atoms with E-state index in [0.29, 0.717) is 5.92 Å². The summed E-state index contributed by atoms with van der Waals surface area (Å²) in [6, 6.07) is 8.60. The van der Waals surface area contributed by atoms with Crippen molar-refractivity contribution in [3.63, 3.8) is 0 Å². The van der Waals surface area contributed by atoms with Gasteiger partial charge in [0.15, 0.2) is 0 Å². The third-order valence-corrected chi connectivity index (χ3v) is 4.23. The van der Waals surface area contributed by atoms with E-state index >= 15 is 0 Å². The number of fused-ring (bicyclic) bond motifs is 1. The largest absolute Gasteiger partial charge is 0.144 e. The Morgan fingerprint density at radius 1 is 1.38 bits per heavy atom. The van der Waals surface area contributed by atoms with Crippen LogP contribution in [0.15, 0.2) is 29.6 Å². The molecule has 0 fully saturated rings. The van der Waals surface area contributed by atoms with Crippen LogP contribution in [0.4, 0.5) is 0 Å². The zero-order chi connectivity index (χ0) is 9.26. The lowest BCUT2D eigenvalue weighted by Crippen LogP contribution is -1.91. The first kappa shape index (κ1) is 9.22. The summed E-state index contributed by atoms with van der Waals surface area (Å²) in [5, 5.41) is 4.73. The first-order chi connectivity index (χ1) is 6.33. The zero-order valence-corrected chi connectivity index (χ0v) is 9.86. The minimum atomic E-state index is 0.608. The highest BCUT2D eigenvalue weighted by molar-refractivity contribution is 9.09. The molecule has 1 heterocycles. The summed E-state index contributed by atoms with van der Waals surface area (Å²) in [6.07, 6.45) is 0. The van der Waals surface area contributed by atoms with Crippen molar-refractivity contribution in [3.05, 3.63) is 35.2 Å². The van der Waals surface area contributed by atoms with E-state index in [1.165, 1.54) is 15.6 Å². The Morgan fingerprint density at radius 2 is 2.15 bits per heavy atom. The third kappa shape index (κ3) is 1.65. The average molecular weight is 255 g/mol. The van der Waals surface area contributed by atoms with Gasteiger partial charge in [-0.3, -0.25) is 0 Å². The highest BCUT2D eigenvalue weighted by Crippen LogP contribution is 2.31. The minimum absolute atomic E-state index is 0.608. The summed E-state index contributed by atoms with van der Waals surface area (Å²) in [5.41, 5.74) is 1.47. The molecule has 0 saturated carbocycles. The van der Waals surface area contributed by atoms with E-state index in [9.17, 15) is 0 Å². The van der Waals surface area contributed by atoms with Crippen molar-refractivity contribution in [2.75, 3.05) is 5.33 Å². The average Bonchev–Trinajstić information content (AvgIpc) is 2.60. The van der Waals surface area contributed by atoms with Gasteiger partial charge in [-0.15, -0.1) is 11.3 Å². The summed E-state index contributed by atoms with van der Waals surface area (Å²) in [5.74, 6) is 0.608. The van der Waals surface area contributed by atoms with Crippen LogP contribution < -0.4 is 0 Å². The lowest BCUT2D eigenvalue weighted by atomic mass is 10.0. The van der Waals surface area contributed by atoms with Gasteiger partial charge in [0, 0.05) is 10.0 Å². The fourth-order valence-electron chi connectivity index (χ4n) is 1.46. The van der Waals surface area contributed by atoms with Gasteiger partial charge < -0.3 is 0 Å². The summed E-state index contributed by atoms with van der Waals surface area (Å²) < 4.78 is 1.39. The standard InChI is InChI=1S/C11H11BrS/c1-8(6-12)10-7-13-11-5-3-2-4-9(10)11/h2-5,7-8H,6H2,1H3. The van der Waals surface area contributed by atoms with E-state index in [2.05, 4.69) is 52.5 Å². The van der Waals surface area contributed by atoms with Gasteiger partial charge in [0.05, 0.1) is 0 Å². The van der Waals surface area contributed by atoms with Gasteiger partial charge in [-0.05, 0) is 28.3 Å². The molecule has 0 aliphatic carbocycles. The maximum atomic E-state index is 3.53. The Kier molecular flexibility index (Phi) is 2.70. The van der Waals surface area contributed by atoms with Crippen LogP contribution in [0.3, 0.4) is 0 Å². The molecule has 0 aliphatic heterocycles. The van der Waals surface area contributed by atoms with Gasteiger partial charge in [0.2, 0.25) is 0 Å². The number of halogens is 1. The molecule has 0 nitrogen and oxygen atoms in total. The molecule has 0 saturated heterocycles. The molecule has 0 aliphatic rings. The van der Waals surface area contributed by atoms with E-state index < -0.39 is 0 Å². The van der Waals surface area contributed by atoms with Gasteiger partial charge in [0.1, 0.15) is 0 Å². The van der Waals surface area contributed by atoms with Crippen LogP contribution in [-0.4, -0.2) is 5.33 Å². The smallest absolute Gasteiger partial charge is 0.0345 e. The molecule has 2 aromatic rings. The molecule has 0 spiro atoms. The van der Waals surface area contributed by atoms with E-state index in [1.807, 2.05) is 11.3 Å². The first-order valence-electron chi connectivity index (χ1n) is 4.35. The van der Waals surface area contributed by atoms with Crippen LogP contribution in [0.2, 0.25) is 0 Å². The quantitative estimate of drug-likeness (QED) is 0.698. The second kappa shape index (κ2) is 3.81. The van der Waals surface area contributed by atoms with Crippen molar-refractivity contribution in [1.82, 2.24) is 0 Å².